The minimum absolute atomic E-state index is 0.0798. The molecule has 0 saturated carbocycles. The molecule has 1 amide bonds. The molecule has 2 heterocycles. The number of anilines is 1. The summed E-state index contributed by atoms with van der Waals surface area (Å²) in [6.45, 7) is 2.39. The maximum atomic E-state index is 12.0. The van der Waals surface area contributed by atoms with Gasteiger partial charge in [-0.2, -0.15) is 0 Å². The van der Waals surface area contributed by atoms with Crippen LogP contribution in [0.4, 0.5) is 10.6 Å². The van der Waals surface area contributed by atoms with E-state index in [2.05, 4.69) is 31.0 Å². The van der Waals surface area contributed by atoms with Gasteiger partial charge >= 0.3 is 6.09 Å². The van der Waals surface area contributed by atoms with E-state index in [4.69, 9.17) is 14.3 Å². The van der Waals surface area contributed by atoms with Gasteiger partial charge in [0, 0.05) is 32.7 Å². The number of carbonyl (C=O) groups is 1. The number of aromatic nitrogens is 5. The number of benzene rings is 1. The van der Waals surface area contributed by atoms with Gasteiger partial charge in [0.15, 0.2) is 12.3 Å². The molecule has 0 bridgehead atoms. The molecule has 3 aromatic rings. The highest BCUT2D eigenvalue weighted by Crippen LogP contribution is 2.11. The quantitative estimate of drug-likeness (QED) is 0.377. The molecule has 3 rings (SSSR count). The van der Waals surface area contributed by atoms with Gasteiger partial charge in [-0.3, -0.25) is 5.32 Å². The van der Waals surface area contributed by atoms with Crippen LogP contribution in [0, 0.1) is 0 Å². The first-order chi connectivity index (χ1) is 15.6. The number of tetrazole rings is 1. The zero-order valence-corrected chi connectivity index (χ0v) is 18.1. The van der Waals surface area contributed by atoms with Gasteiger partial charge in [-0.05, 0) is 29.5 Å². The van der Waals surface area contributed by atoms with Crippen LogP contribution in [0.3, 0.4) is 0 Å². The molecule has 11 heteroatoms. The van der Waals surface area contributed by atoms with E-state index in [0.29, 0.717) is 36.1 Å². The van der Waals surface area contributed by atoms with Crippen molar-refractivity contribution in [2.24, 2.45) is 12.2 Å². The second-order valence-corrected chi connectivity index (χ2v) is 6.84. The van der Waals surface area contributed by atoms with Gasteiger partial charge in [0.2, 0.25) is 5.82 Å². The lowest BCUT2D eigenvalue weighted by Crippen LogP contribution is -2.21. The van der Waals surface area contributed by atoms with Gasteiger partial charge < -0.3 is 14.3 Å². The van der Waals surface area contributed by atoms with E-state index in [9.17, 15) is 4.79 Å². The van der Waals surface area contributed by atoms with Gasteiger partial charge in [0.05, 0.1) is 5.69 Å². The number of nitrogens with zero attached hydrogens (tertiary/aromatic N) is 6. The number of aryl methyl sites for hydroxylation is 1. The lowest BCUT2D eigenvalue weighted by Gasteiger charge is -2.13. The van der Waals surface area contributed by atoms with E-state index in [1.165, 1.54) is 4.68 Å². The van der Waals surface area contributed by atoms with Gasteiger partial charge in [-0.25, -0.2) is 14.5 Å². The fourth-order valence-electron chi connectivity index (χ4n) is 2.70. The first-order valence-electron chi connectivity index (χ1n) is 9.97. The Morgan fingerprint density at radius 2 is 2.00 bits per heavy atom. The molecule has 0 aliphatic heterocycles. The minimum atomic E-state index is -0.585. The molecule has 0 radical (unpaired) electrons. The first kappa shape index (κ1) is 22.8. The standard InChI is InChI=1S/C21H25N7O4/c1-15(12-13-30-3)32-21(29)23-18-11-7-10-17(22-18)14-31-25-19(16-8-5-4-6-9-16)20-24-26-27-28(20)2/h4-11,15H,12-14H2,1-3H3,(H,22,23,29)/b25-19-. The maximum absolute atomic E-state index is 12.0. The molecule has 1 aromatic carbocycles. The Bertz CT molecular complexity index is 1040. The highest BCUT2D eigenvalue weighted by molar-refractivity contribution is 6.10. The van der Waals surface area contributed by atoms with Crippen LogP contribution in [0.5, 0.6) is 0 Å². The Balaban J connectivity index is 1.64. The molecule has 168 valence electrons. The molecule has 0 saturated heterocycles. The fourth-order valence-corrected chi connectivity index (χ4v) is 2.70. The zero-order chi connectivity index (χ0) is 22.8. The lowest BCUT2D eigenvalue weighted by atomic mass is 10.1. The summed E-state index contributed by atoms with van der Waals surface area (Å²) in [5, 5.41) is 18.4. The summed E-state index contributed by atoms with van der Waals surface area (Å²) in [5.41, 5.74) is 1.86. The maximum Gasteiger partial charge on any atom is 0.413 e. The molecule has 1 atom stereocenters. The van der Waals surface area contributed by atoms with Crippen molar-refractivity contribution in [3.8, 4) is 0 Å². The zero-order valence-electron chi connectivity index (χ0n) is 18.1. The number of methoxy groups -OCH3 is 1. The van der Waals surface area contributed by atoms with Gasteiger partial charge in [-0.1, -0.05) is 41.6 Å². The number of hydrogen-bond acceptors (Lipinski definition) is 9. The van der Waals surface area contributed by atoms with Crippen molar-refractivity contribution in [3.63, 3.8) is 0 Å². The van der Waals surface area contributed by atoms with Gasteiger partial charge in [-0.15, -0.1) is 5.10 Å². The smallest absolute Gasteiger partial charge is 0.413 e. The average Bonchev–Trinajstić information content (AvgIpc) is 3.21. The second-order valence-electron chi connectivity index (χ2n) is 6.84. The predicted octanol–water partition coefficient (Wildman–Crippen LogP) is 2.55. The third-order valence-corrected chi connectivity index (χ3v) is 4.32. The van der Waals surface area contributed by atoms with E-state index in [1.54, 1.807) is 39.3 Å². The van der Waals surface area contributed by atoms with Crippen LogP contribution < -0.4 is 5.32 Å². The van der Waals surface area contributed by atoms with Crippen LogP contribution in [-0.2, 0) is 28.0 Å². The van der Waals surface area contributed by atoms with Crippen molar-refractivity contribution in [1.29, 1.82) is 0 Å². The van der Waals surface area contributed by atoms with E-state index in [1.807, 2.05) is 30.3 Å². The Kier molecular flexibility index (Phi) is 8.21. The predicted molar refractivity (Wildman–Crippen MR) is 116 cm³/mol. The largest absolute Gasteiger partial charge is 0.446 e. The number of carbonyl (C=O) groups excluding carboxylic acids is 1. The van der Waals surface area contributed by atoms with Crippen LogP contribution in [0.2, 0.25) is 0 Å². The van der Waals surface area contributed by atoms with Crippen molar-refractivity contribution in [2.75, 3.05) is 19.0 Å². The Hall–Kier alpha value is -3.86. The van der Waals surface area contributed by atoms with E-state index >= 15 is 0 Å². The summed E-state index contributed by atoms with van der Waals surface area (Å²) < 4.78 is 11.8. The molecule has 0 fully saturated rings. The summed E-state index contributed by atoms with van der Waals surface area (Å²) in [5.74, 6) is 0.810. The fraction of sp³-hybridized carbons (Fsp3) is 0.333. The Labute approximate surface area is 185 Å². The first-order valence-corrected chi connectivity index (χ1v) is 9.97. The van der Waals surface area contributed by atoms with Gasteiger partial charge in [0.25, 0.3) is 0 Å². The average molecular weight is 439 g/mol. The molecule has 2 aromatic heterocycles. The molecular weight excluding hydrogens is 414 g/mol. The molecule has 0 aliphatic carbocycles. The van der Waals surface area contributed by atoms with Crippen LogP contribution in [0.15, 0.2) is 53.7 Å². The number of amides is 1. The third kappa shape index (κ3) is 6.57. The molecule has 0 spiro atoms. The number of rotatable bonds is 10. The summed E-state index contributed by atoms with van der Waals surface area (Å²) >= 11 is 0. The molecule has 1 unspecified atom stereocenters. The normalized spacial score (nSPS) is 12.3. The minimum Gasteiger partial charge on any atom is -0.446 e. The number of oxime groups is 1. The molecule has 11 nitrogen and oxygen atoms in total. The van der Waals surface area contributed by atoms with E-state index in [-0.39, 0.29) is 12.7 Å². The van der Waals surface area contributed by atoms with Crippen LogP contribution in [0.1, 0.15) is 30.4 Å². The molecule has 32 heavy (non-hydrogen) atoms. The van der Waals surface area contributed by atoms with Crippen LogP contribution >= 0.6 is 0 Å². The summed E-state index contributed by atoms with van der Waals surface area (Å²) in [6.07, 6.45) is -0.255. The van der Waals surface area contributed by atoms with E-state index < -0.39 is 6.09 Å². The summed E-state index contributed by atoms with van der Waals surface area (Å²) in [7, 11) is 3.32. The van der Waals surface area contributed by atoms with Crippen LogP contribution in [-0.4, -0.2) is 56.8 Å². The Morgan fingerprint density at radius 3 is 2.72 bits per heavy atom. The van der Waals surface area contributed by atoms with Crippen molar-refractivity contribution < 1.29 is 19.1 Å². The number of pyridine rings is 1. The molecule has 1 N–H and O–H groups in total. The number of nitrogens with one attached hydrogen (secondary N) is 1. The van der Waals surface area contributed by atoms with Crippen molar-refractivity contribution >= 4 is 17.6 Å². The monoisotopic (exact) mass is 439 g/mol. The number of ether oxygens (including phenoxy) is 2. The number of hydrogen-bond donors (Lipinski definition) is 1. The highest BCUT2D eigenvalue weighted by Gasteiger charge is 2.15. The van der Waals surface area contributed by atoms with Crippen molar-refractivity contribution in [3.05, 3.63) is 65.6 Å². The molecular formula is C21H25N7O4. The van der Waals surface area contributed by atoms with Crippen LogP contribution in [0.25, 0.3) is 0 Å². The van der Waals surface area contributed by atoms with E-state index in [0.717, 1.165) is 5.56 Å². The summed E-state index contributed by atoms with van der Waals surface area (Å²) in [6, 6.07) is 14.6. The van der Waals surface area contributed by atoms with Crippen molar-refractivity contribution in [2.45, 2.75) is 26.1 Å². The highest BCUT2D eigenvalue weighted by atomic mass is 16.6. The summed E-state index contributed by atoms with van der Waals surface area (Å²) in [4.78, 5) is 21.9. The lowest BCUT2D eigenvalue weighted by molar-refractivity contribution is 0.0904. The topological polar surface area (TPSA) is 126 Å². The second kappa shape index (κ2) is 11.5. The van der Waals surface area contributed by atoms with Crippen molar-refractivity contribution in [1.82, 2.24) is 25.2 Å². The SMILES string of the molecule is COCCC(C)OC(=O)Nc1cccc(CO/N=C(/c2ccccc2)c2nnnn2C)n1. The van der Waals surface area contributed by atoms with Gasteiger partial charge in [0.1, 0.15) is 11.9 Å². The molecule has 0 aliphatic rings. The Morgan fingerprint density at radius 1 is 1.19 bits per heavy atom. The third-order valence-electron chi connectivity index (χ3n) is 4.32.